The molecule has 0 radical (unpaired) electrons. The molecule has 6 nitrogen and oxygen atoms in total. The van der Waals surface area contributed by atoms with Gasteiger partial charge in [-0.2, -0.15) is 5.10 Å². The lowest BCUT2D eigenvalue weighted by Gasteiger charge is -2.20. The Labute approximate surface area is 196 Å². The van der Waals surface area contributed by atoms with Gasteiger partial charge in [0.25, 0.3) is 5.91 Å². The quantitative estimate of drug-likeness (QED) is 0.353. The van der Waals surface area contributed by atoms with Crippen LogP contribution in [0.5, 0.6) is 0 Å². The van der Waals surface area contributed by atoms with Crippen molar-refractivity contribution in [3.8, 4) is 11.4 Å². The number of halogens is 1. The van der Waals surface area contributed by atoms with Gasteiger partial charge in [0.2, 0.25) is 0 Å². The predicted octanol–water partition coefficient (Wildman–Crippen LogP) is 5.21. The van der Waals surface area contributed by atoms with E-state index in [1.54, 1.807) is 39.8 Å². The second kappa shape index (κ2) is 8.97. The molecule has 1 amide bonds. The van der Waals surface area contributed by atoms with E-state index in [4.69, 9.17) is 0 Å². The summed E-state index contributed by atoms with van der Waals surface area (Å²) in [4.78, 5) is 15.4. The molecule has 4 aromatic rings. The van der Waals surface area contributed by atoms with E-state index in [9.17, 15) is 9.18 Å². The molecule has 0 aliphatic carbocycles. The zero-order chi connectivity index (χ0) is 22.1. The third-order valence-corrected chi connectivity index (χ3v) is 8.00. The topological polar surface area (TPSA) is 63.4 Å². The minimum absolute atomic E-state index is 0.0775. The molecule has 0 fully saturated rings. The van der Waals surface area contributed by atoms with E-state index in [1.807, 2.05) is 46.6 Å². The Morgan fingerprint density at radius 1 is 1.12 bits per heavy atom. The molecule has 32 heavy (non-hydrogen) atoms. The summed E-state index contributed by atoms with van der Waals surface area (Å²) in [5.74, 6) is 0.435. The molecule has 3 aromatic heterocycles. The first-order valence-corrected chi connectivity index (χ1v) is 12.6. The molecular weight excluding hydrogens is 465 g/mol. The highest BCUT2D eigenvalue weighted by Gasteiger charge is 2.34. The van der Waals surface area contributed by atoms with E-state index in [0.29, 0.717) is 17.4 Å². The molecule has 0 spiro atoms. The summed E-state index contributed by atoms with van der Waals surface area (Å²) < 4.78 is 15.0. The zero-order valence-corrected chi connectivity index (χ0v) is 19.5. The van der Waals surface area contributed by atoms with Crippen molar-refractivity contribution in [2.75, 3.05) is 5.75 Å². The van der Waals surface area contributed by atoms with Crippen LogP contribution in [0.4, 0.5) is 4.39 Å². The highest BCUT2D eigenvalue weighted by molar-refractivity contribution is 7.99. The number of thioether (sulfide) groups is 1. The number of carbonyl (C=O) groups is 1. The second-order valence-electron chi connectivity index (χ2n) is 7.16. The molecule has 1 aromatic carbocycles. The van der Waals surface area contributed by atoms with Crippen LogP contribution in [0.25, 0.3) is 11.4 Å². The van der Waals surface area contributed by atoms with Crippen molar-refractivity contribution in [3.05, 3.63) is 74.9 Å². The molecule has 0 saturated carbocycles. The summed E-state index contributed by atoms with van der Waals surface area (Å²) in [6.07, 6.45) is 0.704. The van der Waals surface area contributed by atoms with Crippen LogP contribution < -0.4 is 0 Å². The number of aromatic nitrogens is 3. The Hall–Kier alpha value is -2.82. The zero-order valence-electron chi connectivity index (χ0n) is 17.0. The average molecular weight is 484 g/mol. The SMILES string of the molecule is Cn1c(SCC(=O)N2N=C(c3cccs3)CC2c2cccs2)nnc1-c1ccc(F)cc1. The predicted molar refractivity (Wildman–Crippen MR) is 127 cm³/mol. The second-order valence-corrected chi connectivity index (χ2v) is 10.0. The molecule has 1 aliphatic heterocycles. The average Bonchev–Trinajstić information content (AvgIpc) is 3.59. The molecule has 0 bridgehead atoms. The van der Waals surface area contributed by atoms with E-state index in [0.717, 1.165) is 21.0 Å². The number of carbonyl (C=O) groups excluding carboxylic acids is 1. The van der Waals surface area contributed by atoms with Crippen LogP contribution in [0.1, 0.15) is 22.2 Å². The standard InChI is InChI=1S/C22H18FN5OS3/c1-27-21(14-6-8-15(23)9-7-14)24-25-22(27)32-13-20(29)28-17(19-5-3-11-31-19)12-16(26-28)18-4-2-10-30-18/h2-11,17H,12-13H2,1H3. The lowest BCUT2D eigenvalue weighted by atomic mass is 10.1. The number of thiophene rings is 2. The van der Waals surface area contributed by atoms with E-state index < -0.39 is 0 Å². The minimum atomic E-state index is -0.301. The molecule has 1 aliphatic rings. The monoisotopic (exact) mass is 483 g/mol. The molecular formula is C22H18FN5OS3. The number of hydrogen-bond acceptors (Lipinski definition) is 7. The van der Waals surface area contributed by atoms with Gasteiger partial charge in [0.15, 0.2) is 11.0 Å². The summed E-state index contributed by atoms with van der Waals surface area (Å²) in [7, 11) is 1.84. The molecule has 1 atom stereocenters. The number of amides is 1. The first-order valence-electron chi connectivity index (χ1n) is 9.85. The molecule has 0 N–H and O–H groups in total. The van der Waals surface area contributed by atoms with Crippen molar-refractivity contribution in [2.24, 2.45) is 12.1 Å². The van der Waals surface area contributed by atoms with Gasteiger partial charge in [-0.1, -0.05) is 23.9 Å². The summed E-state index contributed by atoms with van der Waals surface area (Å²) in [5, 5.41) is 19.4. The third-order valence-electron chi connectivity index (χ3n) is 5.11. The van der Waals surface area contributed by atoms with Crippen molar-refractivity contribution in [1.29, 1.82) is 0 Å². The smallest absolute Gasteiger partial charge is 0.253 e. The van der Waals surface area contributed by atoms with Crippen LogP contribution in [-0.4, -0.2) is 37.1 Å². The van der Waals surface area contributed by atoms with Crippen LogP contribution in [0.2, 0.25) is 0 Å². The lowest BCUT2D eigenvalue weighted by molar-refractivity contribution is -0.130. The minimum Gasteiger partial charge on any atom is -0.305 e. The lowest BCUT2D eigenvalue weighted by Crippen LogP contribution is -2.28. The number of hydrogen-bond donors (Lipinski definition) is 0. The Bertz CT molecular complexity index is 1250. The fraction of sp³-hybridized carbons (Fsp3) is 0.182. The fourth-order valence-electron chi connectivity index (χ4n) is 3.52. The Morgan fingerprint density at radius 3 is 2.62 bits per heavy atom. The van der Waals surface area contributed by atoms with Crippen LogP contribution in [0.15, 0.2) is 69.5 Å². The van der Waals surface area contributed by atoms with Gasteiger partial charge >= 0.3 is 0 Å². The van der Waals surface area contributed by atoms with Crippen molar-refractivity contribution in [1.82, 2.24) is 19.8 Å². The van der Waals surface area contributed by atoms with Crippen LogP contribution in [-0.2, 0) is 11.8 Å². The fourth-order valence-corrected chi connectivity index (χ4v) is 5.81. The maximum Gasteiger partial charge on any atom is 0.253 e. The van der Waals surface area contributed by atoms with Crippen LogP contribution >= 0.6 is 34.4 Å². The number of benzene rings is 1. The normalized spacial score (nSPS) is 15.9. The van der Waals surface area contributed by atoms with Crippen LogP contribution in [0, 0.1) is 5.82 Å². The van der Waals surface area contributed by atoms with Gasteiger partial charge in [-0.25, -0.2) is 9.40 Å². The van der Waals surface area contributed by atoms with E-state index in [2.05, 4.69) is 15.3 Å². The summed E-state index contributed by atoms with van der Waals surface area (Å²) in [6, 6.07) is 14.1. The summed E-state index contributed by atoms with van der Waals surface area (Å²) in [5.41, 5.74) is 1.70. The first-order chi connectivity index (χ1) is 15.6. The highest BCUT2D eigenvalue weighted by Crippen LogP contribution is 2.36. The van der Waals surface area contributed by atoms with Gasteiger partial charge in [-0.05, 0) is 47.2 Å². The van der Waals surface area contributed by atoms with Gasteiger partial charge in [0.1, 0.15) is 5.82 Å². The number of rotatable bonds is 6. The Balaban J connectivity index is 1.33. The molecule has 162 valence electrons. The summed E-state index contributed by atoms with van der Waals surface area (Å²) >= 11 is 4.59. The van der Waals surface area contributed by atoms with Gasteiger partial charge in [-0.15, -0.1) is 32.9 Å². The largest absolute Gasteiger partial charge is 0.305 e. The molecule has 5 rings (SSSR count). The van der Waals surface area contributed by atoms with E-state index >= 15 is 0 Å². The Kier molecular flexibility index (Phi) is 5.90. The molecule has 1 unspecified atom stereocenters. The first kappa shape index (κ1) is 21.0. The van der Waals surface area contributed by atoms with Crippen LogP contribution in [0.3, 0.4) is 0 Å². The van der Waals surface area contributed by atoms with Gasteiger partial charge < -0.3 is 4.57 Å². The van der Waals surface area contributed by atoms with Crippen molar-refractivity contribution in [2.45, 2.75) is 17.6 Å². The highest BCUT2D eigenvalue weighted by atomic mass is 32.2. The van der Waals surface area contributed by atoms with Crippen molar-refractivity contribution < 1.29 is 9.18 Å². The number of nitrogens with zero attached hydrogens (tertiary/aromatic N) is 5. The molecule has 4 heterocycles. The van der Waals surface area contributed by atoms with Gasteiger partial charge in [0.05, 0.1) is 22.4 Å². The van der Waals surface area contributed by atoms with Gasteiger partial charge in [0, 0.05) is 23.9 Å². The number of hydrazone groups is 1. The van der Waals surface area contributed by atoms with Crippen molar-refractivity contribution in [3.63, 3.8) is 0 Å². The Morgan fingerprint density at radius 2 is 1.91 bits per heavy atom. The van der Waals surface area contributed by atoms with Crippen molar-refractivity contribution >= 4 is 46.1 Å². The molecule has 0 saturated heterocycles. The van der Waals surface area contributed by atoms with E-state index in [1.165, 1.54) is 23.9 Å². The molecule has 10 heteroatoms. The van der Waals surface area contributed by atoms with Gasteiger partial charge in [-0.3, -0.25) is 4.79 Å². The maximum atomic E-state index is 13.2. The third kappa shape index (κ3) is 4.13. The summed E-state index contributed by atoms with van der Waals surface area (Å²) in [6.45, 7) is 0. The van der Waals surface area contributed by atoms with E-state index in [-0.39, 0.29) is 23.5 Å². The maximum absolute atomic E-state index is 13.2.